The van der Waals surface area contributed by atoms with E-state index in [9.17, 15) is 5.11 Å². The highest BCUT2D eigenvalue weighted by molar-refractivity contribution is 5.08. The predicted molar refractivity (Wildman–Crippen MR) is 58.0 cm³/mol. The van der Waals surface area contributed by atoms with Crippen molar-refractivity contribution in [2.45, 2.75) is 38.8 Å². The molecule has 0 aliphatic rings. The molecular formula is C11H20N2O. The van der Waals surface area contributed by atoms with Gasteiger partial charge in [-0.2, -0.15) is 0 Å². The third-order valence-corrected chi connectivity index (χ3v) is 2.99. The Kier molecular flexibility index (Phi) is 4.17. The van der Waals surface area contributed by atoms with Crippen LogP contribution in [0.4, 0.5) is 0 Å². The average molecular weight is 196 g/mol. The normalized spacial score (nSPS) is 11.9. The van der Waals surface area contributed by atoms with Crippen molar-refractivity contribution < 1.29 is 5.11 Å². The first-order valence-corrected chi connectivity index (χ1v) is 5.24. The molecule has 0 spiro atoms. The van der Waals surface area contributed by atoms with Crippen LogP contribution in [0.15, 0.2) is 18.5 Å². The molecule has 0 aliphatic carbocycles. The van der Waals surface area contributed by atoms with Gasteiger partial charge in [0.15, 0.2) is 0 Å². The van der Waals surface area contributed by atoms with Gasteiger partial charge in [-0.1, -0.05) is 13.8 Å². The molecule has 0 atom stereocenters. The zero-order chi connectivity index (χ0) is 10.4. The lowest BCUT2D eigenvalue weighted by molar-refractivity contribution is 0.149. The minimum absolute atomic E-state index is 0.114. The summed E-state index contributed by atoms with van der Waals surface area (Å²) in [5.41, 5.74) is 1.11. The lowest BCUT2D eigenvalue weighted by atomic mass is 9.94. The summed E-state index contributed by atoms with van der Waals surface area (Å²) in [6.07, 6.45) is 5.78. The minimum atomic E-state index is -0.114. The van der Waals surface area contributed by atoms with Crippen LogP contribution in [0.1, 0.15) is 32.3 Å². The van der Waals surface area contributed by atoms with Gasteiger partial charge in [-0.3, -0.25) is 0 Å². The molecule has 0 saturated carbocycles. The van der Waals surface area contributed by atoms with Gasteiger partial charge in [0.05, 0.1) is 6.61 Å². The SMILES string of the molecule is CCC(CC)(CO)NCc1cc[nH]c1. The molecule has 0 radical (unpaired) electrons. The first-order valence-electron chi connectivity index (χ1n) is 5.24. The standard InChI is InChI=1S/C11H20N2O/c1-3-11(4-2,9-14)13-8-10-5-6-12-7-10/h5-7,12-14H,3-4,8-9H2,1-2H3. The second kappa shape index (κ2) is 5.17. The Bertz CT molecular complexity index is 232. The third kappa shape index (κ3) is 2.59. The second-order valence-electron chi connectivity index (χ2n) is 3.72. The Morgan fingerprint density at radius 1 is 1.43 bits per heavy atom. The summed E-state index contributed by atoms with van der Waals surface area (Å²) >= 11 is 0. The van der Waals surface area contributed by atoms with Crippen molar-refractivity contribution in [3.63, 3.8) is 0 Å². The van der Waals surface area contributed by atoms with E-state index in [1.165, 1.54) is 5.56 Å². The third-order valence-electron chi connectivity index (χ3n) is 2.99. The van der Waals surface area contributed by atoms with Crippen LogP contribution in [0.5, 0.6) is 0 Å². The van der Waals surface area contributed by atoms with Crippen molar-refractivity contribution in [1.29, 1.82) is 0 Å². The van der Waals surface area contributed by atoms with Crippen molar-refractivity contribution in [2.75, 3.05) is 6.61 Å². The van der Waals surface area contributed by atoms with Gasteiger partial charge in [0.25, 0.3) is 0 Å². The maximum Gasteiger partial charge on any atom is 0.0613 e. The summed E-state index contributed by atoms with van der Waals surface area (Å²) < 4.78 is 0. The summed E-state index contributed by atoms with van der Waals surface area (Å²) in [5.74, 6) is 0. The minimum Gasteiger partial charge on any atom is -0.394 e. The van der Waals surface area contributed by atoms with Crippen LogP contribution in [0.2, 0.25) is 0 Å². The van der Waals surface area contributed by atoms with E-state index in [0.717, 1.165) is 19.4 Å². The van der Waals surface area contributed by atoms with Crippen molar-refractivity contribution in [1.82, 2.24) is 10.3 Å². The van der Waals surface area contributed by atoms with E-state index in [0.29, 0.717) is 0 Å². The first-order chi connectivity index (χ1) is 6.76. The monoisotopic (exact) mass is 196 g/mol. The maximum absolute atomic E-state index is 9.33. The van der Waals surface area contributed by atoms with E-state index in [-0.39, 0.29) is 12.1 Å². The Hall–Kier alpha value is -0.800. The van der Waals surface area contributed by atoms with Gasteiger partial charge in [0, 0.05) is 24.5 Å². The van der Waals surface area contributed by atoms with Gasteiger partial charge in [-0.05, 0) is 24.5 Å². The van der Waals surface area contributed by atoms with Gasteiger partial charge < -0.3 is 15.4 Å². The second-order valence-corrected chi connectivity index (χ2v) is 3.72. The molecule has 0 aliphatic heterocycles. The fraction of sp³-hybridized carbons (Fsp3) is 0.636. The molecule has 1 aromatic rings. The largest absolute Gasteiger partial charge is 0.394 e. The molecule has 0 aromatic carbocycles. The fourth-order valence-corrected chi connectivity index (χ4v) is 1.54. The highest BCUT2D eigenvalue weighted by Crippen LogP contribution is 2.14. The van der Waals surface area contributed by atoms with E-state index < -0.39 is 0 Å². The molecule has 0 fully saturated rings. The van der Waals surface area contributed by atoms with Crippen LogP contribution in [-0.4, -0.2) is 22.2 Å². The van der Waals surface area contributed by atoms with E-state index in [4.69, 9.17) is 0 Å². The zero-order valence-corrected chi connectivity index (χ0v) is 9.01. The number of nitrogens with one attached hydrogen (secondary N) is 2. The van der Waals surface area contributed by atoms with Crippen molar-refractivity contribution in [3.05, 3.63) is 24.0 Å². The van der Waals surface area contributed by atoms with Gasteiger partial charge in [-0.25, -0.2) is 0 Å². The number of H-pyrrole nitrogens is 1. The number of hydrogen-bond acceptors (Lipinski definition) is 2. The number of aromatic amines is 1. The van der Waals surface area contributed by atoms with Crippen molar-refractivity contribution in [3.8, 4) is 0 Å². The predicted octanol–water partition coefficient (Wildman–Crippen LogP) is 1.66. The van der Waals surface area contributed by atoms with Crippen LogP contribution < -0.4 is 5.32 Å². The van der Waals surface area contributed by atoms with Crippen LogP contribution >= 0.6 is 0 Å². The molecule has 1 rings (SSSR count). The quantitative estimate of drug-likeness (QED) is 0.648. The highest BCUT2D eigenvalue weighted by atomic mass is 16.3. The van der Waals surface area contributed by atoms with Crippen molar-refractivity contribution in [2.24, 2.45) is 0 Å². The van der Waals surface area contributed by atoms with Crippen molar-refractivity contribution >= 4 is 0 Å². The van der Waals surface area contributed by atoms with E-state index in [1.807, 2.05) is 18.5 Å². The molecule has 3 N–H and O–H groups in total. The van der Waals surface area contributed by atoms with Gasteiger partial charge >= 0.3 is 0 Å². The molecule has 1 heterocycles. The molecule has 14 heavy (non-hydrogen) atoms. The van der Waals surface area contributed by atoms with E-state index in [2.05, 4.69) is 24.1 Å². The molecule has 3 nitrogen and oxygen atoms in total. The van der Waals surface area contributed by atoms with Crippen LogP contribution in [0.25, 0.3) is 0 Å². The maximum atomic E-state index is 9.33. The molecule has 0 amide bonds. The van der Waals surface area contributed by atoms with Gasteiger partial charge in [-0.15, -0.1) is 0 Å². The summed E-state index contributed by atoms with van der Waals surface area (Å²) in [6, 6.07) is 2.04. The molecule has 0 saturated heterocycles. The van der Waals surface area contributed by atoms with Gasteiger partial charge in [0.1, 0.15) is 0 Å². The average Bonchev–Trinajstić information content (AvgIpc) is 2.74. The fourth-order valence-electron chi connectivity index (χ4n) is 1.54. The summed E-state index contributed by atoms with van der Waals surface area (Å²) in [4.78, 5) is 3.02. The zero-order valence-electron chi connectivity index (χ0n) is 9.01. The van der Waals surface area contributed by atoms with Crippen LogP contribution in [0, 0.1) is 0 Å². The molecule has 0 unspecified atom stereocenters. The van der Waals surface area contributed by atoms with E-state index in [1.54, 1.807) is 0 Å². The summed E-state index contributed by atoms with van der Waals surface area (Å²) in [6.45, 7) is 5.21. The smallest absolute Gasteiger partial charge is 0.0613 e. The number of hydrogen-bond donors (Lipinski definition) is 3. The molecule has 80 valence electrons. The Labute approximate surface area is 85.5 Å². The lowest BCUT2D eigenvalue weighted by Gasteiger charge is -2.30. The summed E-state index contributed by atoms with van der Waals surface area (Å²) in [5, 5.41) is 12.7. The number of rotatable bonds is 6. The lowest BCUT2D eigenvalue weighted by Crippen LogP contribution is -2.46. The molecule has 1 aromatic heterocycles. The number of aromatic nitrogens is 1. The number of aliphatic hydroxyl groups excluding tert-OH is 1. The highest BCUT2D eigenvalue weighted by Gasteiger charge is 2.23. The topological polar surface area (TPSA) is 48.0 Å². The van der Waals surface area contributed by atoms with E-state index >= 15 is 0 Å². The number of aliphatic hydroxyl groups is 1. The molecule has 3 heteroatoms. The Morgan fingerprint density at radius 3 is 2.57 bits per heavy atom. The summed E-state index contributed by atoms with van der Waals surface area (Å²) in [7, 11) is 0. The first kappa shape index (κ1) is 11.3. The van der Waals surface area contributed by atoms with Crippen LogP contribution in [0.3, 0.4) is 0 Å². The Balaban J connectivity index is 2.48. The van der Waals surface area contributed by atoms with Gasteiger partial charge in [0.2, 0.25) is 0 Å². The molecular weight excluding hydrogens is 176 g/mol. The molecule has 0 bridgehead atoms. The van der Waals surface area contributed by atoms with Crippen LogP contribution in [-0.2, 0) is 6.54 Å². The Morgan fingerprint density at radius 2 is 2.14 bits per heavy atom.